The van der Waals surface area contributed by atoms with Crippen LogP contribution in [0.25, 0.3) is 0 Å². The second-order valence-corrected chi connectivity index (χ2v) is 7.82. The molecule has 2 amide bonds. The van der Waals surface area contributed by atoms with E-state index in [2.05, 4.69) is 10.6 Å². The molecule has 0 aromatic carbocycles. The Morgan fingerprint density at radius 3 is 2.00 bits per heavy atom. The molecule has 1 aliphatic rings. The molecule has 1 aliphatic carbocycles. The number of aliphatic hydroxyl groups is 1. The normalized spacial score (nSPS) is 19.8. The van der Waals surface area contributed by atoms with Crippen LogP contribution in [0.1, 0.15) is 52.9 Å². The topological polar surface area (TPSA) is 148 Å². The average molecular weight is 385 g/mol. The number of hydrogen-bond acceptors (Lipinski definition) is 6. The van der Waals surface area contributed by atoms with Gasteiger partial charge in [0.25, 0.3) is 0 Å². The minimum atomic E-state index is -1.16. The fourth-order valence-electron chi connectivity index (χ4n) is 3.63. The summed E-state index contributed by atoms with van der Waals surface area (Å²) in [4.78, 5) is 37.4. The molecule has 0 saturated heterocycles. The molecule has 0 bridgehead atoms. The van der Waals surface area contributed by atoms with Crippen LogP contribution < -0.4 is 22.1 Å². The number of nitrogens with one attached hydrogen (secondary N) is 2. The Balaban J connectivity index is 2.79. The smallest absolute Gasteiger partial charge is 0.245 e. The maximum absolute atomic E-state index is 12.7. The summed E-state index contributed by atoms with van der Waals surface area (Å²) in [5, 5.41) is 15.2. The van der Waals surface area contributed by atoms with Crippen LogP contribution in [0.15, 0.2) is 0 Å². The molecule has 0 aromatic rings. The first-order valence-corrected chi connectivity index (χ1v) is 9.95. The molecule has 8 heteroatoms. The average Bonchev–Trinajstić information content (AvgIpc) is 2.64. The minimum absolute atomic E-state index is 0.0449. The Bertz CT molecular complexity index is 504. The highest BCUT2D eigenvalue weighted by Gasteiger charge is 2.34. The van der Waals surface area contributed by atoms with E-state index >= 15 is 0 Å². The van der Waals surface area contributed by atoms with E-state index in [0.29, 0.717) is 0 Å². The predicted molar refractivity (Wildman–Crippen MR) is 104 cm³/mol. The van der Waals surface area contributed by atoms with Crippen molar-refractivity contribution in [3.8, 4) is 0 Å². The third-order valence-electron chi connectivity index (χ3n) is 5.34. The molecule has 0 aromatic heterocycles. The van der Waals surface area contributed by atoms with Gasteiger partial charge in [0.2, 0.25) is 11.8 Å². The number of aliphatic hydroxyl groups excluding tert-OH is 1. The maximum atomic E-state index is 12.7. The van der Waals surface area contributed by atoms with Gasteiger partial charge >= 0.3 is 0 Å². The lowest BCUT2D eigenvalue weighted by molar-refractivity contribution is -0.136. The molecule has 7 N–H and O–H groups in total. The molecule has 0 heterocycles. The lowest BCUT2D eigenvalue weighted by Gasteiger charge is -2.31. The second-order valence-electron chi connectivity index (χ2n) is 7.82. The highest BCUT2D eigenvalue weighted by Crippen LogP contribution is 2.29. The summed E-state index contributed by atoms with van der Waals surface area (Å²) < 4.78 is 0. The van der Waals surface area contributed by atoms with Gasteiger partial charge in [-0.05, 0) is 25.7 Å². The number of hydrogen-bond donors (Lipinski definition) is 5. The van der Waals surface area contributed by atoms with Crippen LogP contribution in [0, 0.1) is 17.8 Å². The molecule has 27 heavy (non-hydrogen) atoms. The fraction of sp³-hybridized carbons (Fsp3) is 0.842. The second kappa shape index (κ2) is 11.4. The molecule has 0 radical (unpaired) electrons. The molecule has 0 spiro atoms. The monoisotopic (exact) mass is 384 g/mol. The van der Waals surface area contributed by atoms with E-state index in [0.717, 1.165) is 25.7 Å². The van der Waals surface area contributed by atoms with Crippen LogP contribution in [-0.4, -0.2) is 54.0 Å². The SMILES string of the molecule is CC(C)C(=O)[C@H](CN)NC(=O)[C@@H](NC(=O)C(CN)C1CCCCC1)C(C)O. The molecule has 1 rings (SSSR count). The standard InChI is InChI=1S/C19H36N4O4/c1-11(2)17(25)15(10-21)22-19(27)16(12(3)24)23-18(26)14(9-20)13-7-5-4-6-8-13/h11-16,24H,4-10,20-21H2,1-3H3,(H,22,27)(H,23,26)/t12?,14?,15-,16-/m0/s1. The molecule has 4 atom stereocenters. The van der Waals surface area contributed by atoms with Gasteiger partial charge in [0.1, 0.15) is 6.04 Å². The number of nitrogens with two attached hydrogens (primary N) is 2. The number of rotatable bonds is 10. The van der Waals surface area contributed by atoms with E-state index in [-0.39, 0.29) is 42.5 Å². The van der Waals surface area contributed by atoms with Gasteiger partial charge in [0, 0.05) is 19.0 Å². The number of ketones is 1. The fourth-order valence-corrected chi connectivity index (χ4v) is 3.63. The van der Waals surface area contributed by atoms with Crippen LogP contribution in [0.4, 0.5) is 0 Å². The van der Waals surface area contributed by atoms with Crippen molar-refractivity contribution < 1.29 is 19.5 Å². The van der Waals surface area contributed by atoms with Crippen LogP contribution in [0.5, 0.6) is 0 Å². The van der Waals surface area contributed by atoms with E-state index in [1.807, 2.05) is 0 Å². The van der Waals surface area contributed by atoms with Crippen molar-refractivity contribution in [2.75, 3.05) is 13.1 Å². The zero-order chi connectivity index (χ0) is 20.6. The van der Waals surface area contributed by atoms with Gasteiger partial charge in [-0.3, -0.25) is 14.4 Å². The van der Waals surface area contributed by atoms with Gasteiger partial charge < -0.3 is 27.2 Å². The van der Waals surface area contributed by atoms with Crippen molar-refractivity contribution in [2.45, 2.75) is 71.1 Å². The molecule has 8 nitrogen and oxygen atoms in total. The largest absolute Gasteiger partial charge is 0.391 e. The van der Waals surface area contributed by atoms with Crippen LogP contribution in [0.2, 0.25) is 0 Å². The van der Waals surface area contributed by atoms with E-state index in [1.165, 1.54) is 13.3 Å². The third-order valence-corrected chi connectivity index (χ3v) is 5.34. The Kier molecular flexibility index (Phi) is 9.90. The lowest BCUT2D eigenvalue weighted by Crippen LogP contribution is -2.59. The Hall–Kier alpha value is -1.51. The van der Waals surface area contributed by atoms with E-state index in [4.69, 9.17) is 11.5 Å². The van der Waals surface area contributed by atoms with Gasteiger partial charge in [0.15, 0.2) is 5.78 Å². The summed E-state index contributed by atoms with van der Waals surface area (Å²) in [7, 11) is 0. The Labute approximate surface area is 161 Å². The lowest BCUT2D eigenvalue weighted by atomic mass is 9.79. The van der Waals surface area contributed by atoms with Crippen molar-refractivity contribution in [3.63, 3.8) is 0 Å². The highest BCUT2D eigenvalue weighted by molar-refractivity contribution is 5.94. The van der Waals surface area contributed by atoms with E-state index < -0.39 is 24.1 Å². The van der Waals surface area contributed by atoms with Gasteiger partial charge in [0.05, 0.1) is 18.1 Å². The highest BCUT2D eigenvalue weighted by atomic mass is 16.3. The number of carbonyl (C=O) groups excluding carboxylic acids is 3. The summed E-state index contributed by atoms with van der Waals surface area (Å²) in [5.41, 5.74) is 11.4. The molecular weight excluding hydrogens is 348 g/mol. The maximum Gasteiger partial charge on any atom is 0.245 e. The molecule has 1 saturated carbocycles. The first kappa shape index (κ1) is 23.5. The van der Waals surface area contributed by atoms with Gasteiger partial charge in [-0.2, -0.15) is 0 Å². The Morgan fingerprint density at radius 1 is 0.963 bits per heavy atom. The predicted octanol–water partition coefficient (Wildman–Crippen LogP) is -0.324. The molecule has 1 fully saturated rings. The van der Waals surface area contributed by atoms with Gasteiger partial charge in [-0.1, -0.05) is 33.1 Å². The first-order valence-electron chi connectivity index (χ1n) is 9.95. The van der Waals surface area contributed by atoms with Crippen LogP contribution in [0.3, 0.4) is 0 Å². The quantitative estimate of drug-likeness (QED) is 0.348. The Morgan fingerprint density at radius 2 is 1.56 bits per heavy atom. The van der Waals surface area contributed by atoms with Crippen molar-refractivity contribution >= 4 is 17.6 Å². The summed E-state index contributed by atoms with van der Waals surface area (Å²) in [5.74, 6) is -1.62. The van der Waals surface area contributed by atoms with Crippen molar-refractivity contribution in [1.29, 1.82) is 0 Å². The first-order chi connectivity index (χ1) is 12.7. The van der Waals surface area contributed by atoms with Crippen LogP contribution >= 0.6 is 0 Å². The number of Topliss-reactive ketones (excluding diaryl/α,β-unsaturated/α-hetero) is 1. The zero-order valence-corrected chi connectivity index (χ0v) is 16.7. The van der Waals surface area contributed by atoms with Crippen molar-refractivity contribution in [1.82, 2.24) is 10.6 Å². The van der Waals surface area contributed by atoms with E-state index in [9.17, 15) is 19.5 Å². The number of amides is 2. The van der Waals surface area contributed by atoms with Crippen molar-refractivity contribution in [3.05, 3.63) is 0 Å². The molecule has 156 valence electrons. The van der Waals surface area contributed by atoms with Gasteiger partial charge in [-0.25, -0.2) is 0 Å². The zero-order valence-electron chi connectivity index (χ0n) is 16.7. The van der Waals surface area contributed by atoms with Crippen molar-refractivity contribution in [2.24, 2.45) is 29.2 Å². The van der Waals surface area contributed by atoms with Crippen LogP contribution in [-0.2, 0) is 14.4 Å². The summed E-state index contributed by atoms with van der Waals surface area (Å²) in [6.07, 6.45) is 4.08. The molecule has 0 aliphatic heterocycles. The number of carbonyl (C=O) groups is 3. The minimum Gasteiger partial charge on any atom is -0.391 e. The molecule has 2 unspecified atom stereocenters. The third kappa shape index (κ3) is 6.86. The summed E-state index contributed by atoms with van der Waals surface area (Å²) in [6, 6.07) is -2.01. The summed E-state index contributed by atoms with van der Waals surface area (Å²) in [6.45, 7) is 5.02. The summed E-state index contributed by atoms with van der Waals surface area (Å²) >= 11 is 0. The van der Waals surface area contributed by atoms with Gasteiger partial charge in [-0.15, -0.1) is 0 Å². The van der Waals surface area contributed by atoms with E-state index in [1.54, 1.807) is 13.8 Å². The molecular formula is C19H36N4O4.